The number of guanidine groups is 1. The predicted octanol–water partition coefficient (Wildman–Crippen LogP) is 3.69. The molecule has 8 nitrogen and oxygen atoms in total. The van der Waals surface area contributed by atoms with Crippen molar-refractivity contribution in [1.29, 1.82) is 0 Å². The Morgan fingerprint density at radius 2 is 1.83 bits per heavy atom. The monoisotopic (exact) mass is 522 g/mol. The van der Waals surface area contributed by atoms with E-state index in [1.165, 1.54) is 32.4 Å². The van der Waals surface area contributed by atoms with Crippen LogP contribution in [0.5, 0.6) is 11.5 Å². The third kappa shape index (κ3) is 7.33. The Balaban J connectivity index is 0.00000420. The number of rotatable bonds is 8. The lowest BCUT2D eigenvalue weighted by Gasteiger charge is -2.15. The van der Waals surface area contributed by atoms with E-state index < -0.39 is 11.5 Å². The Kier molecular flexibility index (Phi) is 10.1. The molecule has 158 valence electrons. The highest BCUT2D eigenvalue weighted by Gasteiger charge is 2.14. The highest BCUT2D eigenvalue weighted by atomic mass is 127. The van der Waals surface area contributed by atoms with Crippen LogP contribution in [0.15, 0.2) is 47.5 Å². The largest absolute Gasteiger partial charge is 0.497 e. The first kappa shape index (κ1) is 24.3. The van der Waals surface area contributed by atoms with Crippen molar-refractivity contribution < 1.29 is 23.2 Å². The van der Waals surface area contributed by atoms with E-state index in [1.54, 1.807) is 24.3 Å². The van der Waals surface area contributed by atoms with Gasteiger partial charge in [-0.25, -0.2) is 0 Å². The van der Waals surface area contributed by atoms with E-state index in [1.807, 2.05) is 0 Å². The third-order valence-corrected chi connectivity index (χ3v) is 3.79. The second-order valence-electron chi connectivity index (χ2n) is 5.52. The van der Waals surface area contributed by atoms with Gasteiger partial charge in [-0.05, 0) is 18.2 Å². The molecule has 0 aliphatic rings. The van der Waals surface area contributed by atoms with Gasteiger partial charge < -0.3 is 20.1 Å². The van der Waals surface area contributed by atoms with E-state index >= 15 is 0 Å². The smallest absolute Gasteiger partial charge is 0.387 e. The van der Waals surface area contributed by atoms with E-state index in [9.17, 15) is 18.9 Å². The number of ether oxygens (including phenoxy) is 2. The maximum atomic E-state index is 12.6. The zero-order chi connectivity index (χ0) is 20.5. The summed E-state index contributed by atoms with van der Waals surface area (Å²) in [5, 5.41) is 17.0. The van der Waals surface area contributed by atoms with Crippen molar-refractivity contribution in [2.75, 3.05) is 14.2 Å². The lowest BCUT2D eigenvalue weighted by atomic mass is 10.2. The number of benzene rings is 2. The number of hydrogen-bond donors (Lipinski definition) is 2. The molecule has 2 aromatic rings. The first-order chi connectivity index (χ1) is 13.4. The van der Waals surface area contributed by atoms with Crippen LogP contribution in [0.3, 0.4) is 0 Å². The topological polar surface area (TPSA) is 98.0 Å². The van der Waals surface area contributed by atoms with E-state index in [-0.39, 0.29) is 48.5 Å². The molecule has 0 amide bonds. The molecule has 11 heteroatoms. The number of hydrogen-bond acceptors (Lipinski definition) is 5. The van der Waals surface area contributed by atoms with Crippen LogP contribution >= 0.6 is 24.0 Å². The number of aliphatic imine (C=N–C) groups is 1. The van der Waals surface area contributed by atoms with Crippen LogP contribution in [0.25, 0.3) is 0 Å². The molecule has 0 aromatic heterocycles. The van der Waals surface area contributed by atoms with Gasteiger partial charge in [0.05, 0.1) is 12.0 Å². The summed E-state index contributed by atoms with van der Waals surface area (Å²) < 4.78 is 34.8. The van der Waals surface area contributed by atoms with Gasteiger partial charge in [-0.15, -0.1) is 24.0 Å². The lowest BCUT2D eigenvalue weighted by Crippen LogP contribution is -2.36. The van der Waals surface area contributed by atoms with Crippen molar-refractivity contribution in [3.05, 3.63) is 63.7 Å². The fourth-order valence-electron chi connectivity index (χ4n) is 2.45. The van der Waals surface area contributed by atoms with Crippen molar-refractivity contribution in [3.63, 3.8) is 0 Å². The van der Waals surface area contributed by atoms with Gasteiger partial charge in [0.2, 0.25) is 0 Å². The van der Waals surface area contributed by atoms with Crippen LogP contribution in [-0.2, 0) is 13.1 Å². The average Bonchev–Trinajstić information content (AvgIpc) is 2.68. The van der Waals surface area contributed by atoms with Crippen LogP contribution in [-0.4, -0.2) is 31.7 Å². The normalized spacial score (nSPS) is 10.9. The quantitative estimate of drug-likeness (QED) is 0.181. The first-order valence-electron chi connectivity index (χ1n) is 8.23. The maximum absolute atomic E-state index is 12.6. The molecule has 0 spiro atoms. The minimum absolute atomic E-state index is 0. The molecule has 29 heavy (non-hydrogen) atoms. The first-order valence-corrected chi connectivity index (χ1v) is 8.23. The summed E-state index contributed by atoms with van der Waals surface area (Å²) in [7, 11) is 2.99. The molecule has 0 bridgehead atoms. The molecule has 0 saturated carbocycles. The van der Waals surface area contributed by atoms with Crippen molar-refractivity contribution in [3.8, 4) is 11.5 Å². The second-order valence-corrected chi connectivity index (χ2v) is 5.52. The summed E-state index contributed by atoms with van der Waals surface area (Å²) in [5.41, 5.74) is 0.915. The van der Waals surface area contributed by atoms with Gasteiger partial charge in [0.1, 0.15) is 11.5 Å². The van der Waals surface area contributed by atoms with Crippen LogP contribution < -0.4 is 20.1 Å². The van der Waals surface area contributed by atoms with Gasteiger partial charge in [-0.3, -0.25) is 15.1 Å². The molecule has 2 aromatic carbocycles. The van der Waals surface area contributed by atoms with Gasteiger partial charge in [-0.1, -0.05) is 18.2 Å². The van der Waals surface area contributed by atoms with E-state index in [0.717, 1.165) is 0 Å². The molecule has 0 saturated heterocycles. The van der Waals surface area contributed by atoms with Crippen LogP contribution in [0, 0.1) is 10.1 Å². The van der Waals surface area contributed by atoms with Gasteiger partial charge in [0.25, 0.3) is 5.69 Å². The van der Waals surface area contributed by atoms with E-state index in [4.69, 9.17) is 4.74 Å². The third-order valence-electron chi connectivity index (χ3n) is 3.79. The number of nitrogens with zero attached hydrogens (tertiary/aromatic N) is 2. The zero-order valence-corrected chi connectivity index (χ0v) is 18.1. The summed E-state index contributed by atoms with van der Waals surface area (Å²) in [4.78, 5) is 14.6. The van der Waals surface area contributed by atoms with Gasteiger partial charge in [0.15, 0.2) is 5.96 Å². The molecule has 0 fully saturated rings. The number of methoxy groups -OCH3 is 1. The van der Waals surface area contributed by atoms with Crippen molar-refractivity contribution in [2.45, 2.75) is 19.7 Å². The molecule has 0 atom stereocenters. The summed E-state index contributed by atoms with van der Waals surface area (Å²) in [6.07, 6.45) is 0. The Morgan fingerprint density at radius 3 is 2.41 bits per heavy atom. The fraction of sp³-hybridized carbons (Fsp3) is 0.278. The molecule has 0 heterocycles. The molecule has 0 aliphatic heterocycles. The number of para-hydroxylation sites is 1. The second kappa shape index (κ2) is 12.0. The number of nitro groups is 1. The highest BCUT2D eigenvalue weighted by Crippen LogP contribution is 2.25. The van der Waals surface area contributed by atoms with Crippen LogP contribution in [0.4, 0.5) is 14.5 Å². The Bertz CT molecular complexity index is 852. The van der Waals surface area contributed by atoms with E-state index in [0.29, 0.717) is 22.8 Å². The minimum Gasteiger partial charge on any atom is -0.497 e. The Morgan fingerprint density at radius 1 is 1.17 bits per heavy atom. The number of halogens is 3. The summed E-state index contributed by atoms with van der Waals surface area (Å²) >= 11 is 0. The summed E-state index contributed by atoms with van der Waals surface area (Å²) in [6, 6.07) is 10.8. The Labute approximate surface area is 183 Å². The fourth-order valence-corrected chi connectivity index (χ4v) is 2.45. The van der Waals surface area contributed by atoms with Crippen molar-refractivity contribution in [1.82, 2.24) is 10.6 Å². The highest BCUT2D eigenvalue weighted by molar-refractivity contribution is 14.0. The molecule has 2 N–H and O–H groups in total. The van der Waals surface area contributed by atoms with Crippen molar-refractivity contribution in [2.24, 2.45) is 4.99 Å². The number of nitro benzene ring substituents is 1. The van der Waals surface area contributed by atoms with Crippen LogP contribution in [0.1, 0.15) is 11.1 Å². The molecular weight excluding hydrogens is 501 g/mol. The predicted molar refractivity (Wildman–Crippen MR) is 115 cm³/mol. The molecule has 0 radical (unpaired) electrons. The number of nitrogens with one attached hydrogen (secondary N) is 2. The minimum atomic E-state index is -2.96. The van der Waals surface area contributed by atoms with Crippen LogP contribution in [0.2, 0.25) is 0 Å². The maximum Gasteiger partial charge on any atom is 0.387 e. The van der Waals surface area contributed by atoms with Crippen molar-refractivity contribution >= 4 is 35.6 Å². The molecule has 2 rings (SSSR count). The summed E-state index contributed by atoms with van der Waals surface area (Å²) in [5.74, 6) is 0.836. The SMILES string of the molecule is CN=C(NCc1cc(OC)ccc1OC(F)F)NCc1ccccc1[N+](=O)[O-].I. The molecule has 0 unspecified atom stereocenters. The average molecular weight is 522 g/mol. The molecule has 0 aliphatic carbocycles. The van der Waals surface area contributed by atoms with E-state index in [2.05, 4.69) is 20.4 Å². The number of alkyl halides is 2. The zero-order valence-electron chi connectivity index (χ0n) is 15.7. The standard InChI is InChI=1S/C18H20F2N4O4.HI/c1-21-18(22-10-12-5-3-4-6-15(12)24(25)26)23-11-13-9-14(27-2)7-8-16(13)28-17(19)20;/h3-9,17H,10-11H2,1-2H3,(H2,21,22,23);1H. The van der Waals surface area contributed by atoms with Gasteiger partial charge in [0, 0.05) is 37.3 Å². The van der Waals surface area contributed by atoms with Gasteiger partial charge in [-0.2, -0.15) is 8.78 Å². The summed E-state index contributed by atoms with van der Waals surface area (Å²) in [6.45, 7) is -2.67. The lowest BCUT2D eigenvalue weighted by molar-refractivity contribution is -0.385. The Hall–Kier alpha value is -2.70. The van der Waals surface area contributed by atoms with Gasteiger partial charge >= 0.3 is 6.61 Å². The molecular formula is C18H21F2IN4O4.